The molecule has 0 aliphatic rings. The van der Waals surface area contributed by atoms with Gasteiger partial charge in [-0.3, -0.25) is 14.4 Å². The third kappa shape index (κ3) is 5.19. The summed E-state index contributed by atoms with van der Waals surface area (Å²) in [6.07, 6.45) is 0.333. The highest BCUT2D eigenvalue weighted by Crippen LogP contribution is 1.88. The predicted octanol–water partition coefficient (Wildman–Crippen LogP) is -1.36. The molecular weight excluding hydrogens is 195 g/mol. The quantitative estimate of drug-likeness (QED) is 0.552. The standard InChI is InChI=1S/C9H17BN2O3/c1-5(7(3)13)12-9(15)6(2)11-8(14)4-10/h5-6H,4,10H2,1-3H3,(H,11,14)(H,12,15). The number of hydrogen-bond donors (Lipinski definition) is 2. The van der Waals surface area contributed by atoms with E-state index >= 15 is 0 Å². The SMILES string of the molecule is BCC(=O)NC(C)C(=O)NC(C)C(C)=O. The van der Waals surface area contributed by atoms with Crippen molar-refractivity contribution in [2.45, 2.75) is 39.2 Å². The van der Waals surface area contributed by atoms with Gasteiger partial charge in [-0.15, -0.1) is 0 Å². The maximum atomic E-state index is 11.4. The van der Waals surface area contributed by atoms with Gasteiger partial charge in [-0.2, -0.15) is 0 Å². The van der Waals surface area contributed by atoms with E-state index in [1.54, 1.807) is 21.7 Å². The second-order valence-corrected chi connectivity index (χ2v) is 3.48. The number of Topliss-reactive ketones (excluding diaryl/α,β-unsaturated/α-hetero) is 1. The monoisotopic (exact) mass is 212 g/mol. The van der Waals surface area contributed by atoms with E-state index in [2.05, 4.69) is 10.6 Å². The lowest BCUT2D eigenvalue weighted by Crippen LogP contribution is -2.48. The molecule has 2 amide bonds. The molecule has 0 saturated heterocycles. The largest absolute Gasteiger partial charge is 0.345 e. The molecule has 2 atom stereocenters. The van der Waals surface area contributed by atoms with E-state index in [1.807, 2.05) is 0 Å². The van der Waals surface area contributed by atoms with Gasteiger partial charge in [0.15, 0.2) is 5.78 Å². The fraction of sp³-hybridized carbons (Fsp3) is 0.667. The highest BCUT2D eigenvalue weighted by Gasteiger charge is 2.18. The first-order chi connectivity index (χ1) is 6.88. The first kappa shape index (κ1) is 13.7. The van der Waals surface area contributed by atoms with E-state index < -0.39 is 12.1 Å². The number of rotatable bonds is 5. The van der Waals surface area contributed by atoms with Gasteiger partial charge in [0.25, 0.3) is 0 Å². The predicted molar refractivity (Wildman–Crippen MR) is 59.2 cm³/mol. The van der Waals surface area contributed by atoms with Crippen molar-refractivity contribution in [3.63, 3.8) is 0 Å². The Morgan fingerprint density at radius 1 is 1.13 bits per heavy atom. The minimum atomic E-state index is -0.612. The fourth-order valence-corrected chi connectivity index (χ4v) is 0.849. The molecule has 0 aromatic heterocycles. The third-order valence-corrected chi connectivity index (χ3v) is 2.06. The molecule has 0 aromatic carbocycles. The molecule has 0 bridgehead atoms. The molecule has 0 radical (unpaired) electrons. The van der Waals surface area contributed by atoms with Crippen LogP contribution >= 0.6 is 0 Å². The van der Waals surface area contributed by atoms with Crippen LogP contribution in [0.15, 0.2) is 0 Å². The van der Waals surface area contributed by atoms with Gasteiger partial charge in [-0.1, -0.05) is 0 Å². The van der Waals surface area contributed by atoms with Crippen LogP contribution in [0.1, 0.15) is 20.8 Å². The summed E-state index contributed by atoms with van der Waals surface area (Å²) < 4.78 is 0. The summed E-state index contributed by atoms with van der Waals surface area (Å²) >= 11 is 0. The van der Waals surface area contributed by atoms with Gasteiger partial charge < -0.3 is 10.6 Å². The van der Waals surface area contributed by atoms with Crippen molar-refractivity contribution in [2.24, 2.45) is 0 Å². The van der Waals surface area contributed by atoms with Gasteiger partial charge in [0.2, 0.25) is 11.8 Å². The molecule has 0 heterocycles. The normalized spacial score (nSPS) is 13.8. The number of carbonyl (C=O) groups is 3. The number of ketones is 1. The average Bonchev–Trinajstić information content (AvgIpc) is 2.16. The van der Waals surface area contributed by atoms with E-state index in [4.69, 9.17) is 0 Å². The Kier molecular flexibility index (Phi) is 5.66. The molecular formula is C9H17BN2O3. The van der Waals surface area contributed by atoms with Gasteiger partial charge in [-0.25, -0.2) is 0 Å². The van der Waals surface area contributed by atoms with Crippen molar-refractivity contribution in [1.29, 1.82) is 0 Å². The van der Waals surface area contributed by atoms with E-state index in [0.717, 1.165) is 0 Å². The fourth-order valence-electron chi connectivity index (χ4n) is 0.849. The molecule has 0 aromatic rings. The summed E-state index contributed by atoms with van der Waals surface area (Å²) in [5.41, 5.74) is 0. The Morgan fingerprint density at radius 2 is 1.67 bits per heavy atom. The summed E-state index contributed by atoms with van der Waals surface area (Å²) in [5, 5.41) is 5.02. The van der Waals surface area contributed by atoms with Gasteiger partial charge in [0.05, 0.1) is 6.04 Å². The minimum Gasteiger partial charge on any atom is -0.345 e. The molecule has 15 heavy (non-hydrogen) atoms. The van der Waals surface area contributed by atoms with Gasteiger partial charge in [0.1, 0.15) is 13.9 Å². The van der Waals surface area contributed by atoms with E-state index in [0.29, 0.717) is 6.32 Å². The van der Waals surface area contributed by atoms with Crippen LogP contribution in [-0.4, -0.2) is 37.5 Å². The number of hydrogen-bond acceptors (Lipinski definition) is 3. The van der Waals surface area contributed by atoms with Gasteiger partial charge >= 0.3 is 0 Å². The van der Waals surface area contributed by atoms with Crippen molar-refractivity contribution in [3.8, 4) is 0 Å². The number of amides is 2. The van der Waals surface area contributed by atoms with Gasteiger partial charge in [0, 0.05) is 0 Å². The topological polar surface area (TPSA) is 75.3 Å². The second kappa shape index (κ2) is 6.21. The second-order valence-electron chi connectivity index (χ2n) is 3.48. The summed E-state index contributed by atoms with van der Waals surface area (Å²) in [4.78, 5) is 33.3. The Bertz CT molecular complexity index is 268. The molecule has 0 spiro atoms. The highest BCUT2D eigenvalue weighted by atomic mass is 16.2. The van der Waals surface area contributed by atoms with E-state index in [9.17, 15) is 14.4 Å². The van der Waals surface area contributed by atoms with Crippen LogP contribution in [0.4, 0.5) is 0 Å². The Hall–Kier alpha value is -1.33. The smallest absolute Gasteiger partial charge is 0.242 e. The van der Waals surface area contributed by atoms with Crippen molar-refractivity contribution in [2.75, 3.05) is 0 Å². The molecule has 0 aliphatic carbocycles. The molecule has 5 nitrogen and oxygen atoms in total. The summed E-state index contributed by atoms with van der Waals surface area (Å²) in [7, 11) is 1.71. The van der Waals surface area contributed by atoms with Crippen LogP contribution in [0.3, 0.4) is 0 Å². The Balaban J connectivity index is 4.10. The van der Waals surface area contributed by atoms with Crippen LogP contribution in [-0.2, 0) is 14.4 Å². The van der Waals surface area contributed by atoms with Crippen molar-refractivity contribution < 1.29 is 14.4 Å². The molecule has 6 heteroatoms. The van der Waals surface area contributed by atoms with Crippen molar-refractivity contribution in [1.82, 2.24) is 10.6 Å². The lowest BCUT2D eigenvalue weighted by Gasteiger charge is -2.16. The lowest BCUT2D eigenvalue weighted by molar-refractivity contribution is -0.129. The average molecular weight is 212 g/mol. The van der Waals surface area contributed by atoms with Crippen molar-refractivity contribution >= 4 is 25.4 Å². The van der Waals surface area contributed by atoms with Crippen LogP contribution in [0.5, 0.6) is 0 Å². The Labute approximate surface area is 90.4 Å². The van der Waals surface area contributed by atoms with E-state index in [-0.39, 0.29) is 17.6 Å². The highest BCUT2D eigenvalue weighted by molar-refractivity contribution is 6.19. The third-order valence-electron chi connectivity index (χ3n) is 2.06. The lowest BCUT2D eigenvalue weighted by atomic mass is 10.0. The number of nitrogens with one attached hydrogen (secondary N) is 2. The zero-order valence-electron chi connectivity index (χ0n) is 9.59. The summed E-state index contributed by atoms with van der Waals surface area (Å²) in [6.45, 7) is 4.59. The van der Waals surface area contributed by atoms with Crippen LogP contribution in [0.25, 0.3) is 0 Å². The van der Waals surface area contributed by atoms with Crippen LogP contribution in [0, 0.1) is 0 Å². The maximum Gasteiger partial charge on any atom is 0.242 e. The first-order valence-corrected chi connectivity index (χ1v) is 4.98. The van der Waals surface area contributed by atoms with Crippen LogP contribution in [0.2, 0.25) is 6.32 Å². The first-order valence-electron chi connectivity index (χ1n) is 4.98. The number of carbonyl (C=O) groups excluding carboxylic acids is 3. The molecule has 2 N–H and O–H groups in total. The molecule has 0 rings (SSSR count). The zero-order chi connectivity index (χ0) is 12.0. The zero-order valence-corrected chi connectivity index (χ0v) is 9.59. The molecule has 0 fully saturated rings. The maximum absolute atomic E-state index is 11.4. The summed E-state index contributed by atoms with van der Waals surface area (Å²) in [5.74, 6) is -0.648. The Morgan fingerprint density at radius 3 is 2.07 bits per heavy atom. The molecule has 84 valence electrons. The van der Waals surface area contributed by atoms with Crippen LogP contribution < -0.4 is 10.6 Å². The molecule has 0 saturated carbocycles. The van der Waals surface area contributed by atoms with Crippen molar-refractivity contribution in [3.05, 3.63) is 0 Å². The summed E-state index contributed by atoms with van der Waals surface area (Å²) in [6, 6.07) is -1.13. The molecule has 2 unspecified atom stereocenters. The van der Waals surface area contributed by atoms with Gasteiger partial charge in [-0.05, 0) is 27.1 Å². The minimum absolute atomic E-state index is 0.114. The van der Waals surface area contributed by atoms with E-state index in [1.165, 1.54) is 6.92 Å². The molecule has 0 aliphatic heterocycles.